The van der Waals surface area contributed by atoms with Gasteiger partial charge in [-0.3, -0.25) is 9.78 Å². The van der Waals surface area contributed by atoms with Crippen molar-refractivity contribution in [1.29, 1.82) is 0 Å². The first-order valence-corrected chi connectivity index (χ1v) is 10.4. The summed E-state index contributed by atoms with van der Waals surface area (Å²) in [5, 5.41) is 8.95. The number of alkyl halides is 3. The molecular weight excluding hydrogens is 459 g/mol. The number of benzene rings is 1. The van der Waals surface area contributed by atoms with E-state index in [4.69, 9.17) is 0 Å². The summed E-state index contributed by atoms with van der Waals surface area (Å²) in [6, 6.07) is 14.2. The Labute approximate surface area is 198 Å². The van der Waals surface area contributed by atoms with Crippen LogP contribution in [0.4, 0.5) is 42.0 Å². The Morgan fingerprint density at radius 1 is 0.800 bits per heavy atom. The predicted molar refractivity (Wildman–Crippen MR) is 126 cm³/mol. The Bertz CT molecular complexity index is 1340. The summed E-state index contributed by atoms with van der Waals surface area (Å²) in [6.07, 6.45) is -1.96. The summed E-state index contributed by atoms with van der Waals surface area (Å²) < 4.78 is 37.9. The normalized spacial score (nSPS) is 11.1. The van der Waals surface area contributed by atoms with Gasteiger partial charge < -0.3 is 16.0 Å². The minimum atomic E-state index is -4.56. The van der Waals surface area contributed by atoms with E-state index in [2.05, 4.69) is 35.9 Å². The zero-order chi connectivity index (χ0) is 25.0. The zero-order valence-corrected chi connectivity index (χ0v) is 18.7. The first kappa shape index (κ1) is 23.6. The molecule has 0 spiro atoms. The SMILES string of the molecule is Cc1ccnc(Nc2cc(Nc3ccc(NC(=O)c4ccc(C(F)(F)F)nc4)cc3)nc(C)n2)c1. The van der Waals surface area contributed by atoms with Crippen molar-refractivity contribution in [3.63, 3.8) is 0 Å². The van der Waals surface area contributed by atoms with Gasteiger partial charge in [-0.05, 0) is 67.9 Å². The molecule has 0 radical (unpaired) electrons. The van der Waals surface area contributed by atoms with Gasteiger partial charge in [0.15, 0.2) is 0 Å². The molecule has 4 aromatic rings. The highest BCUT2D eigenvalue weighted by Crippen LogP contribution is 2.27. The molecular formula is C24H20F3N7O. The number of hydrogen-bond donors (Lipinski definition) is 3. The van der Waals surface area contributed by atoms with Gasteiger partial charge in [0, 0.05) is 29.8 Å². The number of nitrogens with one attached hydrogen (secondary N) is 3. The molecule has 3 N–H and O–H groups in total. The van der Waals surface area contributed by atoms with Crippen molar-refractivity contribution in [3.8, 4) is 0 Å². The lowest BCUT2D eigenvalue weighted by atomic mass is 10.2. The third-order valence-electron chi connectivity index (χ3n) is 4.74. The van der Waals surface area contributed by atoms with Crippen molar-refractivity contribution in [2.45, 2.75) is 20.0 Å². The van der Waals surface area contributed by atoms with Crippen LogP contribution < -0.4 is 16.0 Å². The molecule has 0 fully saturated rings. The van der Waals surface area contributed by atoms with Gasteiger partial charge in [0.05, 0.1) is 5.56 Å². The fourth-order valence-electron chi connectivity index (χ4n) is 3.12. The summed E-state index contributed by atoms with van der Waals surface area (Å²) >= 11 is 0. The molecule has 0 aliphatic rings. The quantitative estimate of drug-likeness (QED) is 0.329. The van der Waals surface area contributed by atoms with Gasteiger partial charge in [0.25, 0.3) is 5.91 Å². The van der Waals surface area contributed by atoms with Crippen LogP contribution >= 0.6 is 0 Å². The standard InChI is InChI=1S/C24H20F3N7O/c1-14-9-10-28-20(11-14)34-22-12-21(30-15(2)31-22)32-17-4-6-18(7-5-17)33-23(35)16-3-8-19(29-13-16)24(25,26)27/h3-13H,1-2H3,(H,33,35)(H2,28,30,31,32,34). The molecule has 1 amide bonds. The molecule has 0 aliphatic heterocycles. The van der Waals surface area contributed by atoms with E-state index in [1.165, 1.54) is 0 Å². The highest BCUT2D eigenvalue weighted by atomic mass is 19.4. The van der Waals surface area contributed by atoms with E-state index in [-0.39, 0.29) is 5.56 Å². The van der Waals surface area contributed by atoms with E-state index in [0.717, 1.165) is 23.9 Å². The van der Waals surface area contributed by atoms with Crippen LogP contribution in [0.3, 0.4) is 0 Å². The van der Waals surface area contributed by atoms with Crippen LogP contribution in [0.1, 0.15) is 27.4 Å². The van der Waals surface area contributed by atoms with Gasteiger partial charge in [-0.2, -0.15) is 13.2 Å². The van der Waals surface area contributed by atoms with Crippen molar-refractivity contribution >= 4 is 34.7 Å². The van der Waals surface area contributed by atoms with E-state index in [9.17, 15) is 18.0 Å². The van der Waals surface area contributed by atoms with Gasteiger partial charge in [-0.25, -0.2) is 15.0 Å². The van der Waals surface area contributed by atoms with Crippen LogP contribution in [0.15, 0.2) is 67.0 Å². The molecule has 35 heavy (non-hydrogen) atoms. The molecule has 0 atom stereocenters. The molecule has 0 aliphatic carbocycles. The van der Waals surface area contributed by atoms with E-state index >= 15 is 0 Å². The van der Waals surface area contributed by atoms with Crippen LogP contribution in [0.2, 0.25) is 0 Å². The number of hydrogen-bond acceptors (Lipinski definition) is 7. The van der Waals surface area contributed by atoms with Crippen molar-refractivity contribution in [3.05, 3.63) is 89.6 Å². The molecule has 0 bridgehead atoms. The van der Waals surface area contributed by atoms with Crippen LogP contribution in [-0.2, 0) is 6.18 Å². The summed E-state index contributed by atoms with van der Waals surface area (Å²) in [6.45, 7) is 3.74. The highest BCUT2D eigenvalue weighted by molar-refractivity contribution is 6.04. The maximum atomic E-state index is 12.6. The predicted octanol–water partition coefficient (Wildman–Crippen LogP) is 5.64. The molecule has 8 nitrogen and oxygen atoms in total. The van der Waals surface area contributed by atoms with Crippen molar-refractivity contribution in [2.24, 2.45) is 0 Å². The fraction of sp³-hybridized carbons (Fsp3) is 0.125. The van der Waals surface area contributed by atoms with Gasteiger partial charge >= 0.3 is 6.18 Å². The Morgan fingerprint density at radius 2 is 1.49 bits per heavy atom. The number of rotatable bonds is 6. The van der Waals surface area contributed by atoms with Gasteiger partial charge in [-0.15, -0.1) is 0 Å². The highest BCUT2D eigenvalue weighted by Gasteiger charge is 2.32. The largest absolute Gasteiger partial charge is 0.433 e. The minimum Gasteiger partial charge on any atom is -0.340 e. The number of aromatic nitrogens is 4. The molecule has 0 saturated heterocycles. The lowest BCUT2D eigenvalue weighted by molar-refractivity contribution is -0.141. The number of pyridine rings is 2. The Kier molecular flexibility index (Phi) is 6.58. The van der Waals surface area contributed by atoms with E-state index in [0.29, 0.717) is 34.7 Å². The molecule has 3 aromatic heterocycles. The topological polar surface area (TPSA) is 105 Å². The Morgan fingerprint density at radius 3 is 2.11 bits per heavy atom. The van der Waals surface area contributed by atoms with Crippen molar-refractivity contribution in [1.82, 2.24) is 19.9 Å². The number of anilines is 5. The molecule has 0 unspecified atom stereocenters. The summed E-state index contributed by atoms with van der Waals surface area (Å²) in [7, 11) is 0. The Balaban J connectivity index is 1.41. The van der Waals surface area contributed by atoms with E-state index < -0.39 is 17.8 Å². The Hall–Kier alpha value is -4.54. The van der Waals surface area contributed by atoms with E-state index in [1.807, 2.05) is 19.1 Å². The summed E-state index contributed by atoms with van der Waals surface area (Å²) in [5.74, 6) is 1.78. The maximum absolute atomic E-state index is 12.6. The summed E-state index contributed by atoms with van der Waals surface area (Å²) in [4.78, 5) is 28.7. The monoisotopic (exact) mass is 479 g/mol. The first-order valence-electron chi connectivity index (χ1n) is 10.4. The molecule has 3 heterocycles. The lowest BCUT2D eigenvalue weighted by Crippen LogP contribution is -2.14. The van der Waals surface area contributed by atoms with Crippen LogP contribution in [0.25, 0.3) is 0 Å². The molecule has 178 valence electrons. The molecule has 0 saturated carbocycles. The van der Waals surface area contributed by atoms with Gasteiger partial charge in [0.2, 0.25) is 0 Å². The van der Waals surface area contributed by atoms with Crippen LogP contribution in [0.5, 0.6) is 0 Å². The smallest absolute Gasteiger partial charge is 0.340 e. The molecule has 11 heteroatoms. The number of halogens is 3. The van der Waals surface area contributed by atoms with Gasteiger partial charge in [0.1, 0.15) is 29.0 Å². The summed E-state index contributed by atoms with van der Waals surface area (Å²) in [5.41, 5.74) is 1.19. The third kappa shape index (κ3) is 6.28. The zero-order valence-electron chi connectivity index (χ0n) is 18.7. The van der Waals surface area contributed by atoms with E-state index in [1.54, 1.807) is 43.5 Å². The fourth-order valence-corrected chi connectivity index (χ4v) is 3.12. The van der Waals surface area contributed by atoms with Gasteiger partial charge in [-0.1, -0.05) is 0 Å². The third-order valence-corrected chi connectivity index (χ3v) is 4.74. The number of aryl methyl sites for hydroxylation is 2. The second-order valence-corrected chi connectivity index (χ2v) is 7.62. The lowest BCUT2D eigenvalue weighted by Gasteiger charge is -2.11. The average molecular weight is 479 g/mol. The first-order chi connectivity index (χ1) is 16.7. The molecule has 1 aromatic carbocycles. The maximum Gasteiger partial charge on any atom is 0.433 e. The van der Waals surface area contributed by atoms with Crippen molar-refractivity contribution < 1.29 is 18.0 Å². The number of amides is 1. The second kappa shape index (κ2) is 9.75. The molecule has 4 rings (SSSR count). The van der Waals surface area contributed by atoms with Crippen LogP contribution in [-0.4, -0.2) is 25.8 Å². The number of carbonyl (C=O) groups is 1. The average Bonchev–Trinajstić information content (AvgIpc) is 2.79. The van der Waals surface area contributed by atoms with Crippen LogP contribution in [0, 0.1) is 13.8 Å². The number of nitrogens with zero attached hydrogens (tertiary/aromatic N) is 4. The second-order valence-electron chi connectivity index (χ2n) is 7.62. The van der Waals surface area contributed by atoms with Crippen molar-refractivity contribution in [2.75, 3.05) is 16.0 Å². The minimum absolute atomic E-state index is 0.0137. The number of carbonyl (C=O) groups excluding carboxylic acids is 1.